The van der Waals surface area contributed by atoms with Crippen LogP contribution in [0.4, 0.5) is 0 Å². The molecule has 2 heterocycles. The number of hydrogen-bond acceptors (Lipinski definition) is 4. The molecule has 138 valence electrons. The Balaban J connectivity index is 1.74. The fourth-order valence-electron chi connectivity index (χ4n) is 3.54. The first kappa shape index (κ1) is 17.3. The molecule has 0 saturated heterocycles. The Kier molecular flexibility index (Phi) is 4.14. The molecule has 0 saturated carbocycles. The first-order valence-electron chi connectivity index (χ1n) is 8.81. The number of benzene rings is 2. The molecule has 5 nitrogen and oxygen atoms in total. The van der Waals surface area contributed by atoms with Gasteiger partial charge in [0.05, 0.1) is 15.9 Å². The summed E-state index contributed by atoms with van der Waals surface area (Å²) in [5, 5.41) is 3.38. The van der Waals surface area contributed by atoms with Gasteiger partial charge >= 0.3 is 5.56 Å². The van der Waals surface area contributed by atoms with E-state index in [2.05, 4.69) is 32.1 Å². The first-order valence-corrected chi connectivity index (χ1v) is 10.4. The van der Waals surface area contributed by atoms with Crippen LogP contribution in [0.1, 0.15) is 23.2 Å². The van der Waals surface area contributed by atoms with Gasteiger partial charge in [-0.1, -0.05) is 51.5 Å². The fraction of sp³-hybridized carbons (Fsp3) is 0.0952. The van der Waals surface area contributed by atoms with Crippen LogP contribution in [0.15, 0.2) is 62.6 Å². The number of halogens is 1. The van der Waals surface area contributed by atoms with E-state index in [9.17, 15) is 9.59 Å². The van der Waals surface area contributed by atoms with Gasteiger partial charge in [-0.15, -0.1) is 0 Å². The van der Waals surface area contributed by atoms with Gasteiger partial charge in [-0.3, -0.25) is 14.7 Å². The van der Waals surface area contributed by atoms with E-state index in [1.807, 2.05) is 48.5 Å². The molecule has 0 bridgehead atoms. The largest absolute Gasteiger partial charge is 0.310 e. The Morgan fingerprint density at radius 3 is 2.64 bits per heavy atom. The van der Waals surface area contributed by atoms with Gasteiger partial charge in [0, 0.05) is 10.0 Å². The molecular weight excluding hydrogens is 438 g/mol. The highest BCUT2D eigenvalue weighted by Crippen LogP contribution is 2.34. The molecule has 0 atom stereocenters. The molecule has 1 aliphatic carbocycles. The van der Waals surface area contributed by atoms with E-state index in [4.69, 9.17) is 0 Å². The molecule has 7 heteroatoms. The van der Waals surface area contributed by atoms with Crippen LogP contribution in [-0.4, -0.2) is 14.8 Å². The average Bonchev–Trinajstić information content (AvgIpc) is 3.31. The van der Waals surface area contributed by atoms with Gasteiger partial charge in [-0.2, -0.15) is 0 Å². The molecule has 0 spiro atoms. The third kappa shape index (κ3) is 2.87. The van der Waals surface area contributed by atoms with Crippen molar-refractivity contribution in [2.24, 2.45) is 0 Å². The van der Waals surface area contributed by atoms with E-state index < -0.39 is 11.0 Å². The van der Waals surface area contributed by atoms with Crippen LogP contribution >= 0.6 is 27.3 Å². The fourth-order valence-corrected chi connectivity index (χ4v) is 4.73. The summed E-state index contributed by atoms with van der Waals surface area (Å²) >= 11 is 4.94. The minimum Gasteiger partial charge on any atom is -0.283 e. The molecule has 5 rings (SSSR count). The Bertz CT molecular complexity index is 1330. The van der Waals surface area contributed by atoms with Crippen LogP contribution in [0.3, 0.4) is 0 Å². The topological polar surface area (TPSA) is 67.8 Å². The first-order chi connectivity index (χ1) is 13.6. The molecule has 28 heavy (non-hydrogen) atoms. The lowest BCUT2D eigenvalue weighted by atomic mass is 10.1. The zero-order valence-corrected chi connectivity index (χ0v) is 17.0. The maximum Gasteiger partial charge on any atom is 0.310 e. The summed E-state index contributed by atoms with van der Waals surface area (Å²) in [6, 6.07) is 15.8. The zero-order chi connectivity index (χ0) is 19.3. The molecule has 2 aromatic heterocycles. The van der Waals surface area contributed by atoms with E-state index in [1.165, 1.54) is 11.3 Å². The number of nitrogens with one attached hydrogen (secondary N) is 1. The van der Waals surface area contributed by atoms with Gasteiger partial charge in [-0.25, -0.2) is 9.67 Å². The van der Waals surface area contributed by atoms with Crippen LogP contribution in [0.2, 0.25) is 0 Å². The SMILES string of the molecule is O=c1[nH]n(-c2nc3ccccc3s2)c2c(c1=O)CC/C2=C\c1ccc(Br)cc1. The van der Waals surface area contributed by atoms with Crippen molar-refractivity contribution in [2.75, 3.05) is 0 Å². The van der Waals surface area contributed by atoms with Gasteiger partial charge in [0.2, 0.25) is 10.6 Å². The number of para-hydroxylation sites is 1. The second-order valence-electron chi connectivity index (χ2n) is 6.62. The van der Waals surface area contributed by atoms with E-state index in [0.29, 0.717) is 23.5 Å². The number of fused-ring (bicyclic) bond motifs is 2. The number of hydrogen-bond donors (Lipinski definition) is 1. The summed E-state index contributed by atoms with van der Waals surface area (Å²) in [4.78, 5) is 29.4. The Labute approximate surface area is 172 Å². The molecule has 4 aromatic rings. The van der Waals surface area contributed by atoms with Crippen molar-refractivity contribution in [3.8, 4) is 5.13 Å². The van der Waals surface area contributed by atoms with Crippen LogP contribution in [0.25, 0.3) is 27.0 Å². The standard InChI is InChI=1S/C21H14BrN3O2S/c22-14-8-5-12(6-9-14)11-13-7-10-15-18(13)25(24-20(27)19(15)26)21-23-16-3-1-2-4-17(16)28-21/h1-6,8-9,11H,7,10H2,(H,24,27)/b13-11+. The maximum atomic E-state index is 12.5. The number of rotatable bonds is 2. The van der Waals surface area contributed by atoms with E-state index in [-0.39, 0.29) is 0 Å². The zero-order valence-electron chi connectivity index (χ0n) is 14.6. The van der Waals surface area contributed by atoms with Crippen molar-refractivity contribution in [3.63, 3.8) is 0 Å². The van der Waals surface area contributed by atoms with Crippen molar-refractivity contribution in [2.45, 2.75) is 12.8 Å². The summed E-state index contributed by atoms with van der Waals surface area (Å²) < 4.78 is 3.72. The van der Waals surface area contributed by atoms with Crippen LogP contribution in [-0.2, 0) is 6.42 Å². The highest BCUT2D eigenvalue weighted by molar-refractivity contribution is 9.10. The highest BCUT2D eigenvalue weighted by atomic mass is 79.9. The van der Waals surface area contributed by atoms with Crippen molar-refractivity contribution >= 4 is 49.1 Å². The lowest BCUT2D eigenvalue weighted by Crippen LogP contribution is -2.34. The highest BCUT2D eigenvalue weighted by Gasteiger charge is 2.26. The van der Waals surface area contributed by atoms with E-state index in [0.717, 1.165) is 31.5 Å². The van der Waals surface area contributed by atoms with Crippen molar-refractivity contribution < 1.29 is 0 Å². The van der Waals surface area contributed by atoms with Crippen LogP contribution in [0.5, 0.6) is 0 Å². The minimum atomic E-state index is -0.608. The van der Waals surface area contributed by atoms with Gasteiger partial charge in [0.25, 0.3) is 0 Å². The molecule has 0 radical (unpaired) electrons. The van der Waals surface area contributed by atoms with E-state index >= 15 is 0 Å². The number of nitrogens with zero attached hydrogens (tertiary/aromatic N) is 2. The summed E-state index contributed by atoms with van der Waals surface area (Å²) in [5.41, 5.74) is 3.19. The number of aromatic amines is 1. The summed E-state index contributed by atoms with van der Waals surface area (Å²) in [6.45, 7) is 0. The minimum absolute atomic E-state index is 0.452. The van der Waals surface area contributed by atoms with Crippen molar-refractivity contribution in [1.82, 2.24) is 14.8 Å². The van der Waals surface area contributed by atoms with Gasteiger partial charge in [0.15, 0.2) is 0 Å². The van der Waals surface area contributed by atoms with Crippen LogP contribution in [0, 0.1) is 0 Å². The average molecular weight is 452 g/mol. The molecule has 2 aromatic carbocycles. The molecule has 0 unspecified atom stereocenters. The maximum absolute atomic E-state index is 12.5. The Hall–Kier alpha value is -2.77. The predicted molar refractivity (Wildman–Crippen MR) is 116 cm³/mol. The summed E-state index contributed by atoms with van der Waals surface area (Å²) in [6.07, 6.45) is 3.34. The lowest BCUT2D eigenvalue weighted by Gasteiger charge is -2.10. The number of allylic oxidation sites excluding steroid dienone is 1. The number of H-pyrrole nitrogens is 1. The van der Waals surface area contributed by atoms with Gasteiger partial charge in [0.1, 0.15) is 0 Å². The molecule has 1 aliphatic rings. The summed E-state index contributed by atoms with van der Waals surface area (Å²) in [7, 11) is 0. The second-order valence-corrected chi connectivity index (χ2v) is 8.54. The smallest absolute Gasteiger partial charge is 0.283 e. The molecule has 0 fully saturated rings. The summed E-state index contributed by atoms with van der Waals surface area (Å²) in [5.74, 6) is 0. The lowest BCUT2D eigenvalue weighted by molar-refractivity contribution is 0.786. The Morgan fingerprint density at radius 2 is 1.86 bits per heavy atom. The van der Waals surface area contributed by atoms with E-state index in [1.54, 1.807) is 4.68 Å². The van der Waals surface area contributed by atoms with Gasteiger partial charge in [-0.05, 0) is 54.3 Å². The van der Waals surface area contributed by atoms with Crippen LogP contribution < -0.4 is 11.0 Å². The third-order valence-electron chi connectivity index (χ3n) is 4.84. The molecule has 0 aliphatic heterocycles. The number of thiazole rings is 1. The normalized spacial score (nSPS) is 14.7. The predicted octanol–water partition coefficient (Wildman–Crippen LogP) is 4.38. The molecule has 0 amide bonds. The molecular formula is C21H14BrN3O2S. The third-order valence-corrected chi connectivity index (χ3v) is 6.39. The second kappa shape index (κ2) is 6.68. The Morgan fingerprint density at radius 1 is 1.07 bits per heavy atom. The van der Waals surface area contributed by atoms with Gasteiger partial charge < -0.3 is 0 Å². The number of aromatic nitrogens is 3. The molecule has 1 N–H and O–H groups in total. The van der Waals surface area contributed by atoms with Crippen molar-refractivity contribution in [3.05, 3.63) is 90.4 Å². The van der Waals surface area contributed by atoms with Crippen molar-refractivity contribution in [1.29, 1.82) is 0 Å². The monoisotopic (exact) mass is 451 g/mol. The quantitative estimate of drug-likeness (QED) is 0.459.